The van der Waals surface area contributed by atoms with Crippen molar-refractivity contribution in [1.29, 1.82) is 0 Å². The second kappa shape index (κ2) is 8.70. The molecule has 1 N–H and O–H groups in total. The fourth-order valence-corrected chi connectivity index (χ4v) is 3.63. The van der Waals surface area contributed by atoms with Crippen molar-refractivity contribution in [3.05, 3.63) is 0 Å². The fraction of sp³-hybridized carbons (Fsp3) is 0.889. The summed E-state index contributed by atoms with van der Waals surface area (Å²) in [5, 5.41) is 3.12. The number of nitrogens with one attached hydrogen (secondary N) is 1. The van der Waals surface area contributed by atoms with Crippen LogP contribution in [0.5, 0.6) is 0 Å². The third-order valence-corrected chi connectivity index (χ3v) is 5.23. The molecule has 0 aromatic heterocycles. The van der Waals surface area contributed by atoms with Crippen molar-refractivity contribution in [1.82, 2.24) is 15.1 Å². The topological polar surface area (TPSA) is 61.9 Å². The van der Waals surface area contributed by atoms with E-state index in [1.165, 1.54) is 19.3 Å². The number of ether oxygens (including phenoxy) is 1. The van der Waals surface area contributed by atoms with Crippen LogP contribution in [0.25, 0.3) is 0 Å². The van der Waals surface area contributed by atoms with Crippen LogP contribution >= 0.6 is 0 Å². The highest BCUT2D eigenvalue weighted by molar-refractivity contribution is 5.80. The van der Waals surface area contributed by atoms with E-state index in [-0.39, 0.29) is 23.5 Å². The van der Waals surface area contributed by atoms with Gasteiger partial charge in [-0.25, -0.2) is 4.79 Å². The van der Waals surface area contributed by atoms with Gasteiger partial charge in [0.25, 0.3) is 0 Å². The third kappa shape index (κ3) is 5.10. The maximum Gasteiger partial charge on any atom is 0.409 e. The van der Waals surface area contributed by atoms with Gasteiger partial charge in [-0.1, -0.05) is 6.42 Å². The number of hydrogen-bond acceptors (Lipinski definition) is 4. The van der Waals surface area contributed by atoms with E-state index in [1.807, 2.05) is 0 Å². The number of likely N-dealkylation sites (tertiary alicyclic amines) is 2. The lowest BCUT2D eigenvalue weighted by Crippen LogP contribution is -2.55. The minimum Gasteiger partial charge on any atom is -0.450 e. The van der Waals surface area contributed by atoms with Crippen LogP contribution in [0.4, 0.5) is 4.79 Å². The number of piperidine rings is 2. The summed E-state index contributed by atoms with van der Waals surface area (Å²) in [5.74, 6) is -0.0607. The van der Waals surface area contributed by atoms with E-state index in [2.05, 4.69) is 24.1 Å². The molecule has 0 saturated carbocycles. The molecule has 138 valence electrons. The molecule has 2 fully saturated rings. The van der Waals surface area contributed by atoms with Crippen LogP contribution in [0.15, 0.2) is 0 Å². The van der Waals surface area contributed by atoms with Crippen molar-refractivity contribution >= 4 is 12.0 Å². The molecule has 0 bridgehead atoms. The Morgan fingerprint density at radius 3 is 2.50 bits per heavy atom. The molecule has 2 rings (SSSR count). The monoisotopic (exact) mass is 339 g/mol. The number of hydrogen-bond donors (Lipinski definition) is 1. The maximum atomic E-state index is 12.5. The second-order valence-electron chi connectivity index (χ2n) is 7.56. The Hall–Kier alpha value is -1.30. The van der Waals surface area contributed by atoms with Gasteiger partial charge < -0.3 is 15.0 Å². The van der Waals surface area contributed by atoms with Gasteiger partial charge in [0, 0.05) is 25.2 Å². The molecule has 0 spiro atoms. The highest BCUT2D eigenvalue weighted by Crippen LogP contribution is 2.21. The Kier molecular flexibility index (Phi) is 6.90. The van der Waals surface area contributed by atoms with Crippen molar-refractivity contribution in [2.24, 2.45) is 5.92 Å². The lowest BCUT2D eigenvalue weighted by Gasteiger charge is -2.41. The Morgan fingerprint density at radius 1 is 1.12 bits per heavy atom. The van der Waals surface area contributed by atoms with E-state index in [1.54, 1.807) is 11.8 Å². The van der Waals surface area contributed by atoms with Gasteiger partial charge in [-0.2, -0.15) is 0 Å². The second-order valence-corrected chi connectivity index (χ2v) is 7.56. The normalized spacial score (nSPS) is 23.0. The van der Waals surface area contributed by atoms with Gasteiger partial charge in [-0.05, 0) is 59.5 Å². The van der Waals surface area contributed by atoms with Crippen LogP contribution in [-0.2, 0) is 9.53 Å². The van der Waals surface area contributed by atoms with Crippen molar-refractivity contribution in [2.75, 3.05) is 39.3 Å². The van der Waals surface area contributed by atoms with Crippen molar-refractivity contribution in [3.63, 3.8) is 0 Å². The SMILES string of the molecule is CCOC(=O)N1CCCC(C(=O)NCC(C)(C)N2CCCCC2)C1. The molecule has 0 radical (unpaired) electrons. The highest BCUT2D eigenvalue weighted by Gasteiger charge is 2.32. The maximum absolute atomic E-state index is 12.5. The minimum atomic E-state index is -0.302. The zero-order valence-corrected chi connectivity index (χ0v) is 15.5. The van der Waals surface area contributed by atoms with E-state index in [0.29, 0.717) is 26.2 Å². The molecule has 2 amide bonds. The van der Waals surface area contributed by atoms with E-state index in [9.17, 15) is 9.59 Å². The number of amides is 2. The molecule has 2 saturated heterocycles. The van der Waals surface area contributed by atoms with Gasteiger partial charge in [-0.3, -0.25) is 9.69 Å². The predicted molar refractivity (Wildman–Crippen MR) is 93.8 cm³/mol. The lowest BCUT2D eigenvalue weighted by atomic mass is 9.95. The molecule has 1 unspecified atom stereocenters. The summed E-state index contributed by atoms with van der Waals surface area (Å²) in [5.41, 5.74) is -0.0222. The van der Waals surface area contributed by atoms with E-state index in [0.717, 1.165) is 25.9 Å². The van der Waals surface area contributed by atoms with Crippen LogP contribution < -0.4 is 5.32 Å². The molecule has 0 aliphatic carbocycles. The Bertz CT molecular complexity index is 433. The van der Waals surface area contributed by atoms with Crippen molar-refractivity contribution in [3.8, 4) is 0 Å². The molecule has 6 nitrogen and oxygen atoms in total. The summed E-state index contributed by atoms with van der Waals surface area (Å²) in [6.07, 6.45) is 5.19. The Morgan fingerprint density at radius 2 is 1.83 bits per heavy atom. The zero-order chi connectivity index (χ0) is 17.6. The predicted octanol–water partition coefficient (Wildman–Crippen LogP) is 2.24. The van der Waals surface area contributed by atoms with Crippen molar-refractivity contribution < 1.29 is 14.3 Å². The quantitative estimate of drug-likeness (QED) is 0.834. The van der Waals surface area contributed by atoms with Gasteiger partial charge in [0.2, 0.25) is 5.91 Å². The number of rotatable bonds is 5. The van der Waals surface area contributed by atoms with Crippen LogP contribution in [0.1, 0.15) is 52.9 Å². The molecular formula is C18H33N3O3. The average Bonchev–Trinajstić information content (AvgIpc) is 2.61. The number of nitrogens with zero attached hydrogens (tertiary/aromatic N) is 2. The zero-order valence-electron chi connectivity index (χ0n) is 15.5. The molecular weight excluding hydrogens is 306 g/mol. The average molecular weight is 339 g/mol. The lowest BCUT2D eigenvalue weighted by molar-refractivity contribution is -0.127. The molecule has 1 atom stereocenters. The molecule has 2 heterocycles. The van der Waals surface area contributed by atoms with Gasteiger partial charge in [0.1, 0.15) is 0 Å². The number of carbonyl (C=O) groups is 2. The van der Waals surface area contributed by atoms with Gasteiger partial charge in [0.05, 0.1) is 12.5 Å². The molecule has 0 aromatic carbocycles. The fourth-order valence-electron chi connectivity index (χ4n) is 3.63. The molecule has 24 heavy (non-hydrogen) atoms. The first-order valence-corrected chi connectivity index (χ1v) is 9.38. The summed E-state index contributed by atoms with van der Waals surface area (Å²) in [6.45, 7) is 10.6. The molecule has 6 heteroatoms. The van der Waals surface area contributed by atoms with E-state index >= 15 is 0 Å². The Labute approximate surface area is 145 Å². The summed E-state index contributed by atoms with van der Waals surface area (Å²) < 4.78 is 5.05. The smallest absolute Gasteiger partial charge is 0.409 e. The first-order valence-electron chi connectivity index (χ1n) is 9.38. The van der Waals surface area contributed by atoms with Gasteiger partial charge >= 0.3 is 6.09 Å². The summed E-state index contributed by atoms with van der Waals surface area (Å²) >= 11 is 0. The van der Waals surface area contributed by atoms with Gasteiger partial charge in [0.15, 0.2) is 0 Å². The van der Waals surface area contributed by atoms with E-state index < -0.39 is 0 Å². The molecule has 2 aliphatic heterocycles. The highest BCUT2D eigenvalue weighted by atomic mass is 16.6. The first-order chi connectivity index (χ1) is 11.4. The van der Waals surface area contributed by atoms with E-state index in [4.69, 9.17) is 4.74 Å². The van der Waals surface area contributed by atoms with Crippen LogP contribution in [0, 0.1) is 5.92 Å². The standard InChI is InChI=1S/C18H33N3O3/c1-4-24-17(23)20-10-8-9-15(13-20)16(22)19-14-18(2,3)21-11-6-5-7-12-21/h15H,4-14H2,1-3H3,(H,19,22). The Balaban J connectivity index is 1.81. The third-order valence-electron chi connectivity index (χ3n) is 5.23. The van der Waals surface area contributed by atoms with Crippen LogP contribution in [-0.4, -0.2) is 66.7 Å². The summed E-state index contributed by atoms with van der Waals surface area (Å²) in [4.78, 5) is 28.5. The van der Waals surface area contributed by atoms with Crippen LogP contribution in [0.3, 0.4) is 0 Å². The first kappa shape index (κ1) is 19.0. The summed E-state index contributed by atoms with van der Waals surface area (Å²) in [6, 6.07) is 0. The van der Waals surface area contributed by atoms with Crippen LogP contribution in [0.2, 0.25) is 0 Å². The van der Waals surface area contributed by atoms with Crippen molar-refractivity contribution in [2.45, 2.75) is 58.4 Å². The summed E-state index contributed by atoms with van der Waals surface area (Å²) in [7, 11) is 0. The number of carbonyl (C=O) groups excluding carboxylic acids is 2. The largest absolute Gasteiger partial charge is 0.450 e. The minimum absolute atomic E-state index is 0.0222. The molecule has 2 aliphatic rings. The van der Waals surface area contributed by atoms with Gasteiger partial charge in [-0.15, -0.1) is 0 Å². The molecule has 0 aromatic rings.